The molecule has 1 rings (SSSR count). The van der Waals surface area contributed by atoms with Crippen molar-refractivity contribution in [3.05, 3.63) is 35.9 Å². The third-order valence-electron chi connectivity index (χ3n) is 2.51. The summed E-state index contributed by atoms with van der Waals surface area (Å²) in [6, 6.07) is 8.89. The largest absolute Gasteiger partial charge is 0.469 e. The summed E-state index contributed by atoms with van der Waals surface area (Å²) < 4.78 is 4.58. The van der Waals surface area contributed by atoms with Crippen LogP contribution in [0.25, 0.3) is 0 Å². The molecule has 0 aliphatic rings. The third-order valence-corrected chi connectivity index (χ3v) is 2.51. The average Bonchev–Trinajstić information content (AvgIpc) is 2.35. The molecule has 0 fully saturated rings. The van der Waals surface area contributed by atoms with Crippen molar-refractivity contribution in [2.75, 3.05) is 14.2 Å². The van der Waals surface area contributed by atoms with Gasteiger partial charge in [0.15, 0.2) is 0 Å². The van der Waals surface area contributed by atoms with Crippen LogP contribution < -0.4 is 5.32 Å². The van der Waals surface area contributed by atoms with Crippen molar-refractivity contribution in [2.24, 2.45) is 0 Å². The lowest BCUT2D eigenvalue weighted by molar-refractivity contribution is -0.141. The highest BCUT2D eigenvalue weighted by atomic mass is 16.5. The smallest absolute Gasteiger partial charge is 0.307 e. The predicted molar refractivity (Wildman–Crippen MR) is 60.9 cm³/mol. The van der Waals surface area contributed by atoms with E-state index in [1.54, 1.807) is 7.05 Å². The Labute approximate surface area is 95.2 Å². The minimum absolute atomic E-state index is 0.142. The third kappa shape index (κ3) is 3.32. The lowest BCUT2D eigenvalue weighted by Crippen LogP contribution is -2.34. The Morgan fingerprint density at radius 1 is 1.44 bits per heavy atom. The number of hydrogen-bond donors (Lipinski definition) is 2. The van der Waals surface area contributed by atoms with Crippen molar-refractivity contribution in [3.63, 3.8) is 0 Å². The van der Waals surface area contributed by atoms with Gasteiger partial charge >= 0.3 is 5.97 Å². The van der Waals surface area contributed by atoms with Gasteiger partial charge < -0.3 is 15.2 Å². The molecule has 2 atom stereocenters. The molecule has 1 aromatic rings. The van der Waals surface area contributed by atoms with E-state index in [1.165, 1.54) is 7.11 Å². The van der Waals surface area contributed by atoms with Crippen LogP contribution in [0.5, 0.6) is 0 Å². The van der Waals surface area contributed by atoms with Gasteiger partial charge in [-0.1, -0.05) is 30.3 Å². The number of hydrogen-bond acceptors (Lipinski definition) is 4. The Balaban J connectivity index is 2.70. The molecule has 0 aliphatic carbocycles. The van der Waals surface area contributed by atoms with Crippen LogP contribution in [-0.2, 0) is 9.53 Å². The van der Waals surface area contributed by atoms with Crippen LogP contribution in [0.3, 0.4) is 0 Å². The van der Waals surface area contributed by atoms with Crippen molar-refractivity contribution in [1.29, 1.82) is 0 Å². The number of carbonyl (C=O) groups excluding carboxylic acids is 1. The number of aliphatic hydroxyl groups is 1. The summed E-state index contributed by atoms with van der Waals surface area (Å²) in [6.07, 6.45) is -0.575. The minimum Gasteiger partial charge on any atom is -0.469 e. The molecule has 1 aromatic carbocycles. The molecule has 0 bridgehead atoms. The number of nitrogens with one attached hydrogen (secondary N) is 1. The van der Waals surface area contributed by atoms with Gasteiger partial charge in [0.1, 0.15) is 0 Å². The Morgan fingerprint density at radius 3 is 2.56 bits per heavy atom. The van der Waals surface area contributed by atoms with Gasteiger partial charge in [-0.25, -0.2) is 0 Å². The fraction of sp³-hybridized carbons (Fsp3) is 0.417. The number of esters is 1. The molecule has 0 spiro atoms. The molecule has 0 amide bonds. The molecule has 16 heavy (non-hydrogen) atoms. The van der Waals surface area contributed by atoms with E-state index in [-0.39, 0.29) is 18.4 Å². The highest BCUT2D eigenvalue weighted by Gasteiger charge is 2.22. The minimum atomic E-state index is -0.717. The fourth-order valence-electron chi connectivity index (χ4n) is 1.52. The lowest BCUT2D eigenvalue weighted by Gasteiger charge is -2.21. The topological polar surface area (TPSA) is 58.6 Å². The maximum Gasteiger partial charge on any atom is 0.307 e. The number of ether oxygens (including phenoxy) is 1. The van der Waals surface area contributed by atoms with E-state index < -0.39 is 6.10 Å². The zero-order chi connectivity index (χ0) is 12.0. The van der Waals surface area contributed by atoms with Gasteiger partial charge in [-0.2, -0.15) is 0 Å². The first-order valence-corrected chi connectivity index (χ1v) is 5.16. The Kier molecular flexibility index (Phi) is 4.95. The molecule has 2 unspecified atom stereocenters. The van der Waals surface area contributed by atoms with Crippen LogP contribution >= 0.6 is 0 Å². The van der Waals surface area contributed by atoms with E-state index in [0.29, 0.717) is 0 Å². The average molecular weight is 223 g/mol. The molecular formula is C12H17NO3. The van der Waals surface area contributed by atoms with Crippen LogP contribution in [-0.4, -0.2) is 31.3 Å². The maximum absolute atomic E-state index is 11.1. The summed E-state index contributed by atoms with van der Waals surface area (Å²) in [5.74, 6) is -0.339. The molecular weight excluding hydrogens is 206 g/mol. The van der Waals surface area contributed by atoms with Gasteiger partial charge in [0.05, 0.1) is 19.6 Å². The SMILES string of the molecule is CNC(CC(=O)OC)C(O)c1ccccc1. The van der Waals surface area contributed by atoms with Crippen molar-refractivity contribution < 1.29 is 14.6 Å². The Morgan fingerprint density at radius 2 is 2.06 bits per heavy atom. The van der Waals surface area contributed by atoms with E-state index in [0.717, 1.165) is 5.56 Å². The summed E-state index contributed by atoms with van der Waals surface area (Å²) in [5.41, 5.74) is 0.783. The maximum atomic E-state index is 11.1. The number of carbonyl (C=O) groups is 1. The van der Waals surface area contributed by atoms with Crippen LogP contribution in [0.4, 0.5) is 0 Å². The van der Waals surface area contributed by atoms with Crippen molar-refractivity contribution in [3.8, 4) is 0 Å². The highest BCUT2D eigenvalue weighted by Crippen LogP contribution is 2.18. The zero-order valence-corrected chi connectivity index (χ0v) is 9.51. The molecule has 2 N–H and O–H groups in total. The normalized spacial score (nSPS) is 14.2. The lowest BCUT2D eigenvalue weighted by atomic mass is 10.00. The molecule has 0 saturated carbocycles. The number of likely N-dealkylation sites (N-methyl/N-ethyl adjacent to an activating group) is 1. The summed E-state index contributed by atoms with van der Waals surface area (Å²) in [5, 5.41) is 13.0. The second kappa shape index (κ2) is 6.25. The molecule has 88 valence electrons. The van der Waals surface area contributed by atoms with E-state index in [4.69, 9.17) is 0 Å². The second-order valence-electron chi connectivity index (χ2n) is 3.53. The Bertz CT molecular complexity index is 326. The van der Waals surface area contributed by atoms with E-state index in [1.807, 2.05) is 30.3 Å². The van der Waals surface area contributed by atoms with E-state index >= 15 is 0 Å². The van der Waals surface area contributed by atoms with Crippen LogP contribution in [0, 0.1) is 0 Å². The molecule has 0 aliphatic heterocycles. The van der Waals surface area contributed by atoms with Crippen molar-refractivity contribution >= 4 is 5.97 Å². The Hall–Kier alpha value is -1.39. The first-order chi connectivity index (χ1) is 7.69. The molecule has 0 radical (unpaired) electrons. The molecule has 0 heterocycles. The number of rotatable bonds is 5. The van der Waals surface area contributed by atoms with Crippen molar-refractivity contribution in [1.82, 2.24) is 5.32 Å². The van der Waals surface area contributed by atoms with E-state index in [9.17, 15) is 9.90 Å². The van der Waals surface area contributed by atoms with Gasteiger partial charge in [0.2, 0.25) is 0 Å². The summed E-state index contributed by atoms with van der Waals surface area (Å²) in [4.78, 5) is 11.1. The van der Waals surface area contributed by atoms with Gasteiger partial charge in [-0.05, 0) is 12.6 Å². The first kappa shape index (κ1) is 12.7. The van der Waals surface area contributed by atoms with Crippen LogP contribution in [0.15, 0.2) is 30.3 Å². The van der Waals surface area contributed by atoms with Gasteiger partial charge in [0.25, 0.3) is 0 Å². The quantitative estimate of drug-likeness (QED) is 0.727. The monoisotopic (exact) mass is 223 g/mol. The zero-order valence-electron chi connectivity index (χ0n) is 9.51. The van der Waals surface area contributed by atoms with Crippen molar-refractivity contribution in [2.45, 2.75) is 18.6 Å². The molecule has 4 nitrogen and oxygen atoms in total. The fourth-order valence-corrected chi connectivity index (χ4v) is 1.52. The molecule has 4 heteroatoms. The van der Waals surface area contributed by atoms with Gasteiger partial charge in [0, 0.05) is 6.04 Å². The second-order valence-corrected chi connectivity index (χ2v) is 3.53. The van der Waals surface area contributed by atoms with Gasteiger partial charge in [-0.3, -0.25) is 4.79 Å². The van der Waals surface area contributed by atoms with E-state index in [2.05, 4.69) is 10.1 Å². The summed E-state index contributed by atoms with van der Waals surface area (Å²) in [7, 11) is 3.05. The molecule has 0 aromatic heterocycles. The number of methoxy groups -OCH3 is 1. The standard InChI is InChI=1S/C12H17NO3/c1-13-10(8-11(14)16-2)12(15)9-6-4-3-5-7-9/h3-7,10,12-13,15H,8H2,1-2H3. The molecule has 0 saturated heterocycles. The van der Waals surface area contributed by atoms with Gasteiger partial charge in [-0.15, -0.1) is 0 Å². The number of aliphatic hydroxyl groups excluding tert-OH is 1. The summed E-state index contributed by atoms with van der Waals surface area (Å²) in [6.45, 7) is 0. The van der Waals surface area contributed by atoms with Crippen LogP contribution in [0.2, 0.25) is 0 Å². The number of benzene rings is 1. The predicted octanol–water partition coefficient (Wildman–Crippen LogP) is 0.871. The highest BCUT2D eigenvalue weighted by molar-refractivity contribution is 5.70. The summed E-state index contributed by atoms with van der Waals surface area (Å²) >= 11 is 0. The first-order valence-electron chi connectivity index (χ1n) is 5.16. The van der Waals surface area contributed by atoms with Crippen LogP contribution in [0.1, 0.15) is 18.1 Å².